The highest BCUT2D eigenvalue weighted by Crippen LogP contribution is 2.35. The first-order valence-corrected chi connectivity index (χ1v) is 11.6. The third-order valence-electron chi connectivity index (χ3n) is 4.89. The molecular formula is C22H22BrCl2FN4O3. The van der Waals surface area contributed by atoms with Gasteiger partial charge in [-0.05, 0) is 60.5 Å². The molecule has 1 N–H and O–H groups in total. The molecule has 3 rings (SSSR count). The van der Waals surface area contributed by atoms with Crippen LogP contribution in [-0.2, 0) is 11.8 Å². The SMILES string of the molecule is CCOC(=O)c1nc(Br)n(C(C)C)c1C(Nc1cc(Cl)cn(C)c1=O)c1ccc(Cl)c(F)c1. The molecule has 0 saturated carbocycles. The topological polar surface area (TPSA) is 78.2 Å². The lowest BCUT2D eigenvalue weighted by Gasteiger charge is -2.25. The van der Waals surface area contributed by atoms with Gasteiger partial charge in [0.05, 0.1) is 28.4 Å². The molecule has 0 radical (unpaired) electrons. The van der Waals surface area contributed by atoms with Crippen molar-refractivity contribution >= 4 is 50.8 Å². The van der Waals surface area contributed by atoms with Crippen molar-refractivity contribution < 1.29 is 13.9 Å². The summed E-state index contributed by atoms with van der Waals surface area (Å²) in [5.41, 5.74) is 0.640. The molecule has 0 aliphatic carbocycles. The van der Waals surface area contributed by atoms with E-state index in [9.17, 15) is 14.0 Å². The van der Waals surface area contributed by atoms with Gasteiger partial charge in [-0.2, -0.15) is 0 Å². The van der Waals surface area contributed by atoms with Crippen molar-refractivity contribution in [2.75, 3.05) is 11.9 Å². The Balaban J connectivity index is 2.32. The van der Waals surface area contributed by atoms with Crippen LogP contribution < -0.4 is 10.9 Å². The summed E-state index contributed by atoms with van der Waals surface area (Å²) in [5.74, 6) is -1.29. The summed E-state index contributed by atoms with van der Waals surface area (Å²) in [6.45, 7) is 5.64. The van der Waals surface area contributed by atoms with Crippen molar-refractivity contribution in [1.29, 1.82) is 0 Å². The molecule has 33 heavy (non-hydrogen) atoms. The highest BCUT2D eigenvalue weighted by Gasteiger charge is 2.31. The maximum atomic E-state index is 14.5. The van der Waals surface area contributed by atoms with Crippen LogP contribution in [0.5, 0.6) is 0 Å². The molecule has 1 aromatic carbocycles. The fraction of sp³-hybridized carbons (Fsp3) is 0.318. The summed E-state index contributed by atoms with van der Waals surface area (Å²) in [6.07, 6.45) is 1.48. The molecule has 3 aromatic rings. The molecule has 7 nitrogen and oxygen atoms in total. The first-order valence-electron chi connectivity index (χ1n) is 10.1. The first-order chi connectivity index (χ1) is 15.5. The lowest BCUT2D eigenvalue weighted by molar-refractivity contribution is 0.0518. The van der Waals surface area contributed by atoms with Gasteiger partial charge in [-0.15, -0.1) is 0 Å². The quantitative estimate of drug-likeness (QED) is 0.373. The van der Waals surface area contributed by atoms with E-state index in [1.165, 1.54) is 29.0 Å². The molecule has 0 saturated heterocycles. The van der Waals surface area contributed by atoms with Crippen LogP contribution in [0.3, 0.4) is 0 Å². The average Bonchev–Trinajstić information content (AvgIpc) is 3.09. The fourth-order valence-corrected chi connectivity index (χ4v) is 4.62. The van der Waals surface area contributed by atoms with Gasteiger partial charge in [0, 0.05) is 19.3 Å². The van der Waals surface area contributed by atoms with Gasteiger partial charge in [0.25, 0.3) is 5.56 Å². The Kier molecular flexibility index (Phi) is 7.87. The van der Waals surface area contributed by atoms with Crippen LogP contribution in [0.25, 0.3) is 0 Å². The van der Waals surface area contributed by atoms with Gasteiger partial charge in [-0.25, -0.2) is 14.2 Å². The van der Waals surface area contributed by atoms with E-state index in [-0.39, 0.29) is 34.6 Å². The lowest BCUT2D eigenvalue weighted by atomic mass is 10.0. The molecule has 1 atom stereocenters. The van der Waals surface area contributed by atoms with Gasteiger partial charge in [0.1, 0.15) is 11.5 Å². The molecular weight excluding hydrogens is 538 g/mol. The number of aromatic nitrogens is 3. The van der Waals surface area contributed by atoms with Crippen molar-refractivity contribution in [2.24, 2.45) is 7.05 Å². The summed E-state index contributed by atoms with van der Waals surface area (Å²) in [4.78, 5) is 30.0. The zero-order valence-electron chi connectivity index (χ0n) is 18.3. The molecule has 0 amide bonds. The smallest absolute Gasteiger partial charge is 0.358 e. The standard InChI is InChI=1S/C22H22BrCl2FN4O3/c1-5-33-21(32)18-19(30(11(2)3)22(23)28-18)17(12-6-7-14(25)15(26)8-12)27-16-9-13(24)10-29(4)20(16)31/h6-11,17,27H,5H2,1-4H3. The fourth-order valence-electron chi connectivity index (χ4n) is 3.46. The van der Waals surface area contributed by atoms with Crippen LogP contribution in [0.15, 0.2) is 40.0 Å². The number of rotatable bonds is 7. The number of hydrogen-bond acceptors (Lipinski definition) is 5. The van der Waals surface area contributed by atoms with Crippen LogP contribution in [0.2, 0.25) is 10.0 Å². The highest BCUT2D eigenvalue weighted by atomic mass is 79.9. The number of nitrogens with zero attached hydrogens (tertiary/aromatic N) is 3. The minimum atomic E-state index is -0.872. The third-order valence-corrected chi connectivity index (χ3v) is 5.96. The number of imidazole rings is 1. The zero-order valence-corrected chi connectivity index (χ0v) is 21.4. The summed E-state index contributed by atoms with van der Waals surface area (Å²) in [6, 6.07) is 4.72. The molecule has 176 valence electrons. The second-order valence-corrected chi connectivity index (χ2v) is 9.09. The maximum absolute atomic E-state index is 14.5. The number of benzene rings is 1. The van der Waals surface area contributed by atoms with Crippen LogP contribution >= 0.6 is 39.1 Å². The Bertz CT molecular complexity index is 1260. The van der Waals surface area contributed by atoms with E-state index >= 15 is 0 Å². The Hall–Kier alpha value is -2.36. The third kappa shape index (κ3) is 5.26. The van der Waals surface area contributed by atoms with Crippen LogP contribution in [0.1, 0.15) is 54.6 Å². The van der Waals surface area contributed by atoms with E-state index in [2.05, 4.69) is 26.2 Å². The van der Waals surface area contributed by atoms with Gasteiger partial charge in [0.2, 0.25) is 0 Å². The molecule has 2 heterocycles. The lowest BCUT2D eigenvalue weighted by Crippen LogP contribution is -2.26. The first kappa shape index (κ1) is 25.3. The van der Waals surface area contributed by atoms with Crippen LogP contribution in [0.4, 0.5) is 10.1 Å². The number of esters is 1. The molecule has 0 bridgehead atoms. The summed E-state index contributed by atoms with van der Waals surface area (Å²) >= 11 is 15.5. The number of nitrogens with one attached hydrogen (secondary N) is 1. The Morgan fingerprint density at radius 1 is 1.30 bits per heavy atom. The molecule has 0 aliphatic rings. The number of halogens is 4. The normalized spacial score (nSPS) is 12.2. The minimum Gasteiger partial charge on any atom is -0.461 e. The van der Waals surface area contributed by atoms with Crippen LogP contribution in [-0.4, -0.2) is 26.7 Å². The van der Waals surface area contributed by atoms with Crippen molar-refractivity contribution in [3.05, 3.63) is 78.4 Å². The molecule has 0 fully saturated rings. The van der Waals surface area contributed by atoms with Gasteiger partial charge in [-0.3, -0.25) is 4.79 Å². The largest absolute Gasteiger partial charge is 0.461 e. The van der Waals surface area contributed by atoms with Crippen molar-refractivity contribution in [3.8, 4) is 0 Å². The Labute approximate surface area is 208 Å². The van der Waals surface area contributed by atoms with E-state index in [0.717, 1.165) is 0 Å². The molecule has 1 unspecified atom stereocenters. The van der Waals surface area contributed by atoms with Gasteiger partial charge >= 0.3 is 5.97 Å². The maximum Gasteiger partial charge on any atom is 0.358 e. The Morgan fingerprint density at radius 2 is 2.00 bits per heavy atom. The summed E-state index contributed by atoms with van der Waals surface area (Å²) in [7, 11) is 1.56. The molecule has 2 aromatic heterocycles. The van der Waals surface area contributed by atoms with E-state index in [1.54, 1.807) is 24.6 Å². The Morgan fingerprint density at radius 3 is 2.61 bits per heavy atom. The van der Waals surface area contributed by atoms with Crippen molar-refractivity contribution in [2.45, 2.75) is 32.9 Å². The molecule has 0 spiro atoms. The number of aryl methyl sites for hydroxylation is 1. The zero-order chi connectivity index (χ0) is 24.4. The second kappa shape index (κ2) is 10.3. The molecule has 11 heteroatoms. The summed E-state index contributed by atoms with van der Waals surface area (Å²) in [5, 5.41) is 3.41. The number of ether oxygens (including phenoxy) is 1. The number of anilines is 1. The van der Waals surface area contributed by atoms with E-state index in [4.69, 9.17) is 27.9 Å². The van der Waals surface area contributed by atoms with Gasteiger partial charge in [0.15, 0.2) is 10.4 Å². The second-order valence-electron chi connectivity index (χ2n) is 7.54. The van der Waals surface area contributed by atoms with Crippen LogP contribution in [0, 0.1) is 5.82 Å². The minimum absolute atomic E-state index is 0.0316. The monoisotopic (exact) mass is 558 g/mol. The number of carbonyl (C=O) groups is 1. The van der Waals surface area contributed by atoms with Gasteiger partial charge < -0.3 is 19.2 Å². The predicted molar refractivity (Wildman–Crippen MR) is 130 cm³/mol. The number of pyridine rings is 1. The average molecular weight is 560 g/mol. The van der Waals surface area contributed by atoms with Crippen molar-refractivity contribution in [1.82, 2.24) is 14.1 Å². The summed E-state index contributed by atoms with van der Waals surface area (Å²) < 4.78 is 23.2. The molecule has 0 aliphatic heterocycles. The van der Waals surface area contributed by atoms with E-state index in [0.29, 0.717) is 21.0 Å². The predicted octanol–water partition coefficient (Wildman–Crippen LogP) is 5.75. The number of carbonyl (C=O) groups excluding carboxylic acids is 1. The van der Waals surface area contributed by atoms with Gasteiger partial charge in [-0.1, -0.05) is 29.3 Å². The van der Waals surface area contributed by atoms with Crippen molar-refractivity contribution in [3.63, 3.8) is 0 Å². The van der Waals surface area contributed by atoms with E-state index in [1.807, 2.05) is 13.8 Å². The highest BCUT2D eigenvalue weighted by molar-refractivity contribution is 9.10. The van der Waals surface area contributed by atoms with E-state index < -0.39 is 17.8 Å². The number of hydrogen-bond donors (Lipinski definition) is 1.